The molecule has 2 nitrogen and oxygen atoms in total. The molecule has 0 radical (unpaired) electrons. The van der Waals surface area contributed by atoms with Gasteiger partial charge in [0.2, 0.25) is 0 Å². The highest BCUT2D eigenvalue weighted by atomic mass is 16.4. The number of rotatable bonds is 4. The molecule has 0 saturated carbocycles. The van der Waals surface area contributed by atoms with E-state index >= 15 is 0 Å². The third-order valence-electron chi connectivity index (χ3n) is 1.33. The molecule has 0 spiro atoms. The first-order valence-electron chi connectivity index (χ1n) is 3.71. The molecule has 0 heterocycles. The van der Waals surface area contributed by atoms with Gasteiger partial charge in [-0.05, 0) is 18.4 Å². The molecule has 0 aromatic heterocycles. The van der Waals surface area contributed by atoms with Crippen molar-refractivity contribution < 1.29 is 5.21 Å². The predicted molar refractivity (Wildman–Crippen MR) is 43.6 cm³/mol. The molecule has 58 valence electrons. The maximum absolute atomic E-state index is 8.20. The van der Waals surface area contributed by atoms with Crippen molar-refractivity contribution in [2.24, 2.45) is 5.16 Å². The third kappa shape index (κ3) is 4.13. The van der Waals surface area contributed by atoms with Crippen molar-refractivity contribution >= 4 is 6.21 Å². The first kappa shape index (κ1) is 9.21. The predicted octanol–water partition coefficient (Wildman–Crippen LogP) is 2.58. The Hall–Kier alpha value is -0.790. The smallest absolute Gasteiger partial charge is 0.0690 e. The van der Waals surface area contributed by atoms with E-state index in [2.05, 4.69) is 18.2 Å². The highest BCUT2D eigenvalue weighted by molar-refractivity contribution is 5.77. The molecule has 0 atom stereocenters. The van der Waals surface area contributed by atoms with Crippen molar-refractivity contribution in [3.8, 4) is 0 Å². The molecule has 0 aromatic carbocycles. The second-order valence-electron chi connectivity index (χ2n) is 2.17. The Morgan fingerprint density at radius 2 is 2.20 bits per heavy atom. The molecule has 0 aliphatic rings. The zero-order chi connectivity index (χ0) is 7.82. The molecule has 10 heavy (non-hydrogen) atoms. The van der Waals surface area contributed by atoms with E-state index in [4.69, 9.17) is 5.21 Å². The van der Waals surface area contributed by atoms with Crippen molar-refractivity contribution in [2.75, 3.05) is 0 Å². The van der Waals surface area contributed by atoms with Crippen molar-refractivity contribution in [2.45, 2.75) is 33.1 Å². The van der Waals surface area contributed by atoms with E-state index in [9.17, 15) is 0 Å². The van der Waals surface area contributed by atoms with Gasteiger partial charge in [-0.25, -0.2) is 0 Å². The van der Waals surface area contributed by atoms with E-state index in [-0.39, 0.29) is 0 Å². The maximum atomic E-state index is 8.20. The van der Waals surface area contributed by atoms with Crippen LogP contribution in [0.3, 0.4) is 0 Å². The van der Waals surface area contributed by atoms with Crippen LogP contribution in [0.15, 0.2) is 16.8 Å². The van der Waals surface area contributed by atoms with Crippen LogP contribution in [-0.2, 0) is 0 Å². The van der Waals surface area contributed by atoms with E-state index in [1.54, 1.807) is 0 Å². The van der Waals surface area contributed by atoms with Gasteiger partial charge in [-0.15, -0.1) is 0 Å². The molecule has 0 aliphatic carbocycles. The summed E-state index contributed by atoms with van der Waals surface area (Å²) in [6.07, 6.45) is 6.73. The molecular weight excluding hydrogens is 126 g/mol. The van der Waals surface area contributed by atoms with Gasteiger partial charge in [0.15, 0.2) is 0 Å². The van der Waals surface area contributed by atoms with E-state index in [0.29, 0.717) is 0 Å². The minimum Gasteiger partial charge on any atom is -0.411 e. The third-order valence-corrected chi connectivity index (χ3v) is 1.33. The van der Waals surface area contributed by atoms with Gasteiger partial charge in [0.05, 0.1) is 6.21 Å². The molecule has 0 unspecified atom stereocenters. The van der Waals surface area contributed by atoms with Crippen LogP contribution in [0.2, 0.25) is 0 Å². The minimum absolute atomic E-state index is 0.935. The molecule has 0 fully saturated rings. The molecule has 0 bridgehead atoms. The lowest BCUT2D eigenvalue weighted by Gasteiger charge is -1.92. The van der Waals surface area contributed by atoms with Gasteiger partial charge < -0.3 is 5.21 Å². The second-order valence-corrected chi connectivity index (χ2v) is 2.17. The molecule has 2 heteroatoms. The number of hydrogen-bond donors (Lipinski definition) is 1. The summed E-state index contributed by atoms with van der Waals surface area (Å²) >= 11 is 0. The van der Waals surface area contributed by atoms with Gasteiger partial charge >= 0.3 is 0 Å². The van der Waals surface area contributed by atoms with Gasteiger partial charge in [-0.3, -0.25) is 0 Å². The van der Waals surface area contributed by atoms with Crippen LogP contribution >= 0.6 is 0 Å². The normalized spacial score (nSPS) is 12.8. The zero-order valence-corrected chi connectivity index (χ0v) is 6.67. The summed E-state index contributed by atoms with van der Waals surface area (Å²) in [5, 5.41) is 11.2. The Bertz CT molecular complexity index is 127. The monoisotopic (exact) mass is 141 g/mol. The molecular formula is C8H15NO. The zero-order valence-electron chi connectivity index (χ0n) is 6.67. The van der Waals surface area contributed by atoms with E-state index < -0.39 is 0 Å². The summed E-state index contributed by atoms with van der Waals surface area (Å²) in [4.78, 5) is 0. The van der Waals surface area contributed by atoms with Crippen LogP contribution in [0.5, 0.6) is 0 Å². The molecule has 0 rings (SSSR count). The highest BCUT2D eigenvalue weighted by Gasteiger charge is 1.86. The van der Waals surface area contributed by atoms with Gasteiger partial charge in [0, 0.05) is 0 Å². The van der Waals surface area contributed by atoms with Crippen LogP contribution in [0.25, 0.3) is 0 Å². The Balaban J connectivity index is 3.78. The number of oxime groups is 1. The molecule has 1 N–H and O–H groups in total. The van der Waals surface area contributed by atoms with Crippen molar-refractivity contribution in [1.82, 2.24) is 0 Å². The lowest BCUT2D eigenvalue weighted by Crippen LogP contribution is -1.81. The number of nitrogens with zero attached hydrogens (tertiary/aromatic N) is 1. The molecule has 0 amide bonds. The first-order chi connectivity index (χ1) is 4.85. The van der Waals surface area contributed by atoms with E-state index in [1.807, 2.05) is 6.92 Å². The summed E-state index contributed by atoms with van der Waals surface area (Å²) in [7, 11) is 0. The highest BCUT2D eigenvalue weighted by Crippen LogP contribution is 2.00. The van der Waals surface area contributed by atoms with Crippen molar-refractivity contribution in [1.29, 1.82) is 0 Å². The van der Waals surface area contributed by atoms with Crippen LogP contribution in [0.4, 0.5) is 0 Å². The van der Waals surface area contributed by atoms with Gasteiger partial charge in [-0.2, -0.15) is 0 Å². The number of unbranched alkanes of at least 4 members (excludes halogenated alkanes) is 1. The fourth-order valence-electron chi connectivity index (χ4n) is 0.692. The van der Waals surface area contributed by atoms with Crippen LogP contribution in [0, 0.1) is 0 Å². The Morgan fingerprint density at radius 1 is 1.50 bits per heavy atom. The van der Waals surface area contributed by atoms with Crippen molar-refractivity contribution in [3.05, 3.63) is 11.6 Å². The lowest BCUT2D eigenvalue weighted by atomic mass is 10.2. The van der Waals surface area contributed by atoms with E-state index in [1.165, 1.54) is 6.21 Å². The quantitative estimate of drug-likeness (QED) is 0.364. The topological polar surface area (TPSA) is 32.6 Å². The lowest BCUT2D eigenvalue weighted by molar-refractivity contribution is 0.321. The number of allylic oxidation sites excluding steroid dienone is 2. The van der Waals surface area contributed by atoms with Gasteiger partial charge in [-0.1, -0.05) is 31.5 Å². The molecule has 0 saturated heterocycles. The Kier molecular flexibility index (Phi) is 5.83. The summed E-state index contributed by atoms with van der Waals surface area (Å²) in [6.45, 7) is 4.17. The largest absolute Gasteiger partial charge is 0.411 e. The number of hydrogen-bond acceptors (Lipinski definition) is 2. The van der Waals surface area contributed by atoms with Crippen LogP contribution in [0.1, 0.15) is 33.1 Å². The Labute approximate surface area is 62.2 Å². The minimum atomic E-state index is 0.935. The summed E-state index contributed by atoms with van der Waals surface area (Å²) in [5.41, 5.74) is 1.10. The summed E-state index contributed by atoms with van der Waals surface area (Å²) < 4.78 is 0. The SMILES string of the molecule is CCC/C=C(/C=N\O)CC. The average molecular weight is 141 g/mol. The summed E-state index contributed by atoms with van der Waals surface area (Å²) in [6, 6.07) is 0. The maximum Gasteiger partial charge on any atom is 0.0690 e. The van der Waals surface area contributed by atoms with E-state index in [0.717, 1.165) is 24.8 Å². The standard InChI is InChI=1S/C8H15NO/c1-3-5-6-8(4-2)7-9-10/h6-7,10H,3-5H2,1-2H3/b8-6+,9-7-. The Morgan fingerprint density at radius 3 is 2.60 bits per heavy atom. The first-order valence-corrected chi connectivity index (χ1v) is 3.71. The summed E-state index contributed by atoms with van der Waals surface area (Å²) in [5.74, 6) is 0. The molecule has 0 aromatic rings. The average Bonchev–Trinajstić information content (AvgIpc) is 1.98. The molecule has 0 aliphatic heterocycles. The van der Waals surface area contributed by atoms with Crippen LogP contribution < -0.4 is 0 Å². The second kappa shape index (κ2) is 6.33. The fraction of sp³-hybridized carbons (Fsp3) is 0.625. The fourth-order valence-corrected chi connectivity index (χ4v) is 0.692. The van der Waals surface area contributed by atoms with Gasteiger partial charge in [0.25, 0.3) is 0 Å². The van der Waals surface area contributed by atoms with Crippen LogP contribution in [-0.4, -0.2) is 11.4 Å². The van der Waals surface area contributed by atoms with Gasteiger partial charge in [0.1, 0.15) is 0 Å². The van der Waals surface area contributed by atoms with Crippen molar-refractivity contribution in [3.63, 3.8) is 0 Å².